The van der Waals surface area contributed by atoms with Gasteiger partial charge in [0.05, 0.1) is 17.8 Å². The van der Waals surface area contributed by atoms with Gasteiger partial charge in [0, 0.05) is 40.6 Å². The zero-order valence-electron chi connectivity index (χ0n) is 19.9. The number of para-hydroxylation sites is 1. The van der Waals surface area contributed by atoms with Crippen molar-refractivity contribution in [3.63, 3.8) is 0 Å². The van der Waals surface area contributed by atoms with Crippen LogP contribution in [-0.2, 0) is 0 Å². The Kier molecular flexibility index (Phi) is 5.22. The van der Waals surface area contributed by atoms with Crippen molar-refractivity contribution in [3.8, 4) is 17.2 Å². The summed E-state index contributed by atoms with van der Waals surface area (Å²) in [6.45, 7) is 6.81. The molecule has 0 spiro atoms. The number of nitrogens with zero attached hydrogens (tertiary/aromatic N) is 3. The fourth-order valence-corrected chi connectivity index (χ4v) is 5.71. The third-order valence-electron chi connectivity index (χ3n) is 7.05. The largest absolute Gasteiger partial charge is 0.454 e. The van der Waals surface area contributed by atoms with E-state index in [0.29, 0.717) is 5.11 Å². The van der Waals surface area contributed by atoms with Gasteiger partial charge in [-0.25, -0.2) is 0 Å². The van der Waals surface area contributed by atoms with Crippen LogP contribution in [0.2, 0.25) is 0 Å². The quantitative estimate of drug-likeness (QED) is 0.377. The van der Waals surface area contributed by atoms with Crippen LogP contribution in [0.4, 0.5) is 5.69 Å². The number of benzene rings is 2. The second kappa shape index (κ2) is 8.43. The molecule has 4 heterocycles. The Hall–Kier alpha value is -3.84. The minimum Gasteiger partial charge on any atom is -0.454 e. The monoisotopic (exact) mass is 482 g/mol. The summed E-state index contributed by atoms with van der Waals surface area (Å²) in [5, 5.41) is 4.23. The number of hydrogen-bond donors (Lipinski definition) is 1. The van der Waals surface area contributed by atoms with Crippen LogP contribution < -0.4 is 19.7 Å². The molecule has 1 fully saturated rings. The lowest BCUT2D eigenvalue weighted by Crippen LogP contribution is -2.29. The van der Waals surface area contributed by atoms with E-state index in [1.807, 2.05) is 42.6 Å². The summed E-state index contributed by atoms with van der Waals surface area (Å²) >= 11 is 5.93. The van der Waals surface area contributed by atoms with Crippen LogP contribution >= 0.6 is 12.2 Å². The Bertz CT molecular complexity index is 1420. The van der Waals surface area contributed by atoms with Gasteiger partial charge in [-0.3, -0.25) is 4.98 Å². The van der Waals surface area contributed by atoms with Crippen LogP contribution in [0.3, 0.4) is 0 Å². The first kappa shape index (κ1) is 21.7. The molecule has 2 atom stereocenters. The molecule has 0 radical (unpaired) electrons. The van der Waals surface area contributed by atoms with Gasteiger partial charge in [-0.2, -0.15) is 0 Å². The zero-order valence-corrected chi connectivity index (χ0v) is 20.7. The predicted molar refractivity (Wildman–Crippen MR) is 140 cm³/mol. The van der Waals surface area contributed by atoms with Crippen LogP contribution in [0.5, 0.6) is 11.5 Å². The molecule has 1 N–H and O–H groups in total. The molecule has 0 unspecified atom stereocenters. The second-order valence-electron chi connectivity index (χ2n) is 8.91. The average molecular weight is 483 g/mol. The fourth-order valence-electron chi connectivity index (χ4n) is 5.37. The van der Waals surface area contributed by atoms with Gasteiger partial charge >= 0.3 is 0 Å². The number of anilines is 1. The molecule has 0 bridgehead atoms. The molecule has 176 valence electrons. The lowest BCUT2D eigenvalue weighted by molar-refractivity contribution is 0.174. The first-order chi connectivity index (χ1) is 17.0. The smallest absolute Gasteiger partial charge is 0.231 e. The third kappa shape index (κ3) is 3.46. The first-order valence-electron chi connectivity index (χ1n) is 11.7. The number of ether oxygens (including phenoxy) is 2. The van der Waals surface area contributed by atoms with Gasteiger partial charge in [0.25, 0.3) is 0 Å². The van der Waals surface area contributed by atoms with E-state index in [9.17, 15) is 0 Å². The first-order valence-corrected chi connectivity index (χ1v) is 12.1. The highest BCUT2D eigenvalue weighted by Gasteiger charge is 2.43. The van der Waals surface area contributed by atoms with Crippen molar-refractivity contribution in [1.29, 1.82) is 0 Å². The molecule has 2 aliphatic rings. The molecule has 35 heavy (non-hydrogen) atoms. The molecule has 6 nitrogen and oxygen atoms in total. The highest BCUT2D eigenvalue weighted by molar-refractivity contribution is 7.80. The minimum atomic E-state index is -0.113. The van der Waals surface area contributed by atoms with Gasteiger partial charge in [0.2, 0.25) is 6.79 Å². The van der Waals surface area contributed by atoms with Gasteiger partial charge in [0.1, 0.15) is 0 Å². The van der Waals surface area contributed by atoms with Gasteiger partial charge < -0.3 is 24.3 Å². The van der Waals surface area contributed by atoms with E-state index in [1.165, 1.54) is 22.5 Å². The van der Waals surface area contributed by atoms with Crippen LogP contribution in [0.25, 0.3) is 5.69 Å². The van der Waals surface area contributed by atoms with Crippen LogP contribution in [0, 0.1) is 20.8 Å². The number of fused-ring (bicyclic) bond motifs is 1. The number of aromatic nitrogens is 2. The van der Waals surface area contributed by atoms with Crippen molar-refractivity contribution in [3.05, 3.63) is 101 Å². The van der Waals surface area contributed by atoms with Crippen molar-refractivity contribution in [2.24, 2.45) is 0 Å². The average Bonchev–Trinajstić information content (AvgIpc) is 3.54. The van der Waals surface area contributed by atoms with Gasteiger partial charge in [-0.1, -0.05) is 24.3 Å². The van der Waals surface area contributed by atoms with Gasteiger partial charge in [0.15, 0.2) is 16.6 Å². The lowest BCUT2D eigenvalue weighted by atomic mass is 9.93. The molecule has 2 aliphatic heterocycles. The summed E-state index contributed by atoms with van der Waals surface area (Å²) < 4.78 is 13.6. The third-order valence-corrected chi connectivity index (χ3v) is 7.36. The molecule has 0 amide bonds. The van der Waals surface area contributed by atoms with Crippen molar-refractivity contribution in [2.75, 3.05) is 11.7 Å². The summed E-state index contributed by atoms with van der Waals surface area (Å²) in [6, 6.07) is 22.3. The van der Waals surface area contributed by atoms with Gasteiger partial charge in [-0.05, 0) is 75.0 Å². The van der Waals surface area contributed by atoms with Crippen molar-refractivity contribution in [2.45, 2.75) is 32.9 Å². The number of hydrogen-bond acceptors (Lipinski definition) is 4. The number of thiocarbonyl (C=S) groups is 1. The molecule has 6 rings (SSSR count). The molecular weight excluding hydrogens is 456 g/mol. The lowest BCUT2D eigenvalue weighted by Gasteiger charge is -2.29. The molecular formula is C28H26N4O2S. The van der Waals surface area contributed by atoms with Crippen molar-refractivity contribution < 1.29 is 9.47 Å². The number of nitrogens with one attached hydrogen (secondary N) is 1. The van der Waals surface area contributed by atoms with Crippen LogP contribution in [0.1, 0.15) is 40.3 Å². The summed E-state index contributed by atoms with van der Waals surface area (Å²) in [5.41, 5.74) is 7.95. The Balaban J connectivity index is 1.55. The van der Waals surface area contributed by atoms with E-state index < -0.39 is 0 Å². The molecule has 2 aromatic heterocycles. The van der Waals surface area contributed by atoms with E-state index >= 15 is 0 Å². The van der Waals surface area contributed by atoms with Crippen molar-refractivity contribution >= 4 is 23.0 Å². The summed E-state index contributed by atoms with van der Waals surface area (Å²) in [6.07, 6.45) is 1.83. The normalized spacial score (nSPS) is 18.7. The van der Waals surface area contributed by atoms with E-state index in [4.69, 9.17) is 26.7 Å². The summed E-state index contributed by atoms with van der Waals surface area (Å²) in [7, 11) is 0. The number of pyridine rings is 1. The standard InChI is InChI=1S/C28H26N4O2S/c1-17-18(2)31(20-9-5-4-6-10-20)19(3)25(17)27-26(22-11-7-8-14-29-22)30-28(35)32(27)21-12-13-23-24(15-21)34-16-33-23/h4-15,26-27H,16H2,1-3H3,(H,30,35)/t26-,27+/m1/s1. The Labute approximate surface area is 210 Å². The zero-order chi connectivity index (χ0) is 24.1. The maximum Gasteiger partial charge on any atom is 0.231 e. The van der Waals surface area contributed by atoms with E-state index in [2.05, 4.69) is 65.9 Å². The SMILES string of the molecule is Cc1c([C@H]2[C@@H](c3ccccn3)NC(=S)N2c2ccc3c(c2)OCO3)c(C)n(-c2ccccc2)c1C. The molecule has 4 aromatic rings. The summed E-state index contributed by atoms with van der Waals surface area (Å²) in [5.74, 6) is 1.49. The Morgan fingerprint density at radius 1 is 0.886 bits per heavy atom. The summed E-state index contributed by atoms with van der Waals surface area (Å²) in [4.78, 5) is 6.90. The maximum atomic E-state index is 5.93. The minimum absolute atomic E-state index is 0.0959. The highest BCUT2D eigenvalue weighted by Crippen LogP contribution is 2.47. The Morgan fingerprint density at radius 3 is 2.43 bits per heavy atom. The van der Waals surface area contributed by atoms with E-state index in [1.54, 1.807) is 0 Å². The predicted octanol–water partition coefficient (Wildman–Crippen LogP) is 5.70. The topological polar surface area (TPSA) is 51.6 Å². The molecule has 0 aliphatic carbocycles. The molecule has 7 heteroatoms. The molecule has 0 saturated carbocycles. The van der Waals surface area contributed by atoms with E-state index in [0.717, 1.165) is 28.6 Å². The second-order valence-corrected chi connectivity index (χ2v) is 9.30. The maximum absolute atomic E-state index is 5.93. The molecule has 1 saturated heterocycles. The van der Waals surface area contributed by atoms with Crippen LogP contribution in [-0.4, -0.2) is 21.5 Å². The van der Waals surface area contributed by atoms with Crippen LogP contribution in [0.15, 0.2) is 72.9 Å². The number of rotatable bonds is 4. The molecule has 2 aromatic carbocycles. The van der Waals surface area contributed by atoms with Gasteiger partial charge in [-0.15, -0.1) is 0 Å². The highest BCUT2D eigenvalue weighted by atomic mass is 32.1. The fraction of sp³-hybridized carbons (Fsp3) is 0.214. The Morgan fingerprint density at radius 2 is 1.66 bits per heavy atom. The van der Waals surface area contributed by atoms with E-state index in [-0.39, 0.29) is 18.9 Å². The van der Waals surface area contributed by atoms with Crippen molar-refractivity contribution in [1.82, 2.24) is 14.9 Å².